The molecular formula is C9H8BrNO6S. The lowest BCUT2D eigenvalue weighted by atomic mass is 10.2. The Hall–Kier alpha value is -1.48. The number of nitro benzene ring substituents is 1. The van der Waals surface area contributed by atoms with Crippen LogP contribution in [0.3, 0.4) is 0 Å². The number of hydrogen-bond acceptors (Lipinski definition) is 5. The summed E-state index contributed by atoms with van der Waals surface area (Å²) in [7, 11) is -3.92. The number of hydrogen-bond donors (Lipinski definition) is 1. The van der Waals surface area contributed by atoms with Gasteiger partial charge in [-0.25, -0.2) is 8.42 Å². The average molecular weight is 338 g/mol. The maximum atomic E-state index is 11.5. The van der Waals surface area contributed by atoms with E-state index in [1.807, 2.05) is 0 Å². The Labute approximate surface area is 111 Å². The van der Waals surface area contributed by atoms with Crippen LogP contribution in [0.1, 0.15) is 5.56 Å². The molecule has 1 rings (SSSR count). The van der Waals surface area contributed by atoms with Crippen LogP contribution in [0.5, 0.6) is 0 Å². The number of carbonyl (C=O) groups is 1. The molecule has 0 aromatic heterocycles. The fourth-order valence-corrected chi connectivity index (χ4v) is 2.85. The smallest absolute Gasteiger partial charge is 0.318 e. The molecule has 0 aliphatic carbocycles. The molecule has 9 heteroatoms. The molecule has 0 unspecified atom stereocenters. The SMILES string of the molecule is O=C(O)CS(=O)(=O)Cc1ccc(Br)cc1[N+](=O)[O-]. The lowest BCUT2D eigenvalue weighted by Crippen LogP contribution is -2.17. The van der Waals surface area contributed by atoms with Gasteiger partial charge in [-0.2, -0.15) is 0 Å². The van der Waals surface area contributed by atoms with E-state index in [2.05, 4.69) is 15.9 Å². The number of halogens is 1. The zero-order chi connectivity index (χ0) is 13.9. The number of benzene rings is 1. The molecule has 1 N–H and O–H groups in total. The van der Waals surface area contributed by atoms with Crippen LogP contribution in [0.25, 0.3) is 0 Å². The van der Waals surface area contributed by atoms with E-state index < -0.39 is 32.2 Å². The molecule has 1 aromatic rings. The lowest BCUT2D eigenvalue weighted by Gasteiger charge is -2.03. The third-order valence-electron chi connectivity index (χ3n) is 1.96. The number of carboxylic acid groups (broad SMARTS) is 1. The molecule has 0 spiro atoms. The van der Waals surface area contributed by atoms with Crippen molar-refractivity contribution in [3.05, 3.63) is 38.3 Å². The maximum absolute atomic E-state index is 11.5. The summed E-state index contributed by atoms with van der Waals surface area (Å²) in [5.74, 6) is -3.22. The van der Waals surface area contributed by atoms with Gasteiger partial charge in [-0.1, -0.05) is 22.0 Å². The van der Waals surface area contributed by atoms with Crippen LogP contribution in [0.4, 0.5) is 5.69 Å². The van der Waals surface area contributed by atoms with E-state index >= 15 is 0 Å². The van der Waals surface area contributed by atoms with Crippen molar-refractivity contribution in [3.63, 3.8) is 0 Å². The van der Waals surface area contributed by atoms with Crippen molar-refractivity contribution in [2.75, 3.05) is 5.75 Å². The Morgan fingerprint density at radius 3 is 2.56 bits per heavy atom. The molecule has 0 amide bonds. The van der Waals surface area contributed by atoms with Crippen LogP contribution < -0.4 is 0 Å². The minimum Gasteiger partial charge on any atom is -0.480 e. The van der Waals surface area contributed by atoms with E-state index in [1.165, 1.54) is 18.2 Å². The van der Waals surface area contributed by atoms with Crippen LogP contribution in [-0.4, -0.2) is 30.2 Å². The Kier molecular flexibility index (Phi) is 4.41. The molecule has 0 saturated heterocycles. The first kappa shape index (κ1) is 14.6. The minimum absolute atomic E-state index is 0.0375. The van der Waals surface area contributed by atoms with Gasteiger partial charge in [-0.05, 0) is 6.07 Å². The maximum Gasteiger partial charge on any atom is 0.318 e. The summed E-state index contributed by atoms with van der Waals surface area (Å²) >= 11 is 3.04. The van der Waals surface area contributed by atoms with E-state index in [0.717, 1.165) is 0 Å². The van der Waals surface area contributed by atoms with E-state index in [9.17, 15) is 23.3 Å². The highest BCUT2D eigenvalue weighted by Gasteiger charge is 2.22. The number of carboxylic acids is 1. The van der Waals surface area contributed by atoms with Gasteiger partial charge in [0.1, 0.15) is 5.75 Å². The van der Waals surface area contributed by atoms with Gasteiger partial charge >= 0.3 is 5.97 Å². The number of aliphatic carboxylic acids is 1. The van der Waals surface area contributed by atoms with Gasteiger partial charge < -0.3 is 5.11 Å². The lowest BCUT2D eigenvalue weighted by molar-refractivity contribution is -0.385. The first-order chi connectivity index (χ1) is 8.21. The normalized spacial score (nSPS) is 11.2. The molecule has 7 nitrogen and oxygen atoms in total. The number of sulfone groups is 1. The van der Waals surface area contributed by atoms with E-state index in [4.69, 9.17) is 5.11 Å². The van der Waals surface area contributed by atoms with Crippen molar-refractivity contribution in [1.29, 1.82) is 0 Å². The van der Waals surface area contributed by atoms with Crippen LogP contribution in [0.2, 0.25) is 0 Å². The summed E-state index contributed by atoms with van der Waals surface area (Å²) in [6.07, 6.45) is 0. The van der Waals surface area contributed by atoms with E-state index in [-0.39, 0.29) is 11.3 Å². The minimum atomic E-state index is -3.92. The molecular weight excluding hydrogens is 330 g/mol. The predicted octanol–water partition coefficient (Wildman–Crippen LogP) is 1.36. The molecule has 0 heterocycles. The van der Waals surface area contributed by atoms with Crippen molar-refractivity contribution in [2.45, 2.75) is 5.75 Å². The van der Waals surface area contributed by atoms with Crippen LogP contribution in [-0.2, 0) is 20.4 Å². The molecule has 0 fully saturated rings. The summed E-state index contributed by atoms with van der Waals surface area (Å²) in [6, 6.07) is 3.91. The van der Waals surface area contributed by atoms with Crippen LogP contribution in [0, 0.1) is 10.1 Å². The average Bonchev–Trinajstić information content (AvgIpc) is 2.18. The van der Waals surface area contributed by atoms with Gasteiger partial charge in [0.2, 0.25) is 0 Å². The fraction of sp³-hybridized carbons (Fsp3) is 0.222. The standard InChI is InChI=1S/C9H8BrNO6S/c10-7-2-1-6(8(3-7)11(14)15)4-18(16,17)5-9(12)13/h1-3H,4-5H2,(H,12,13). The molecule has 0 saturated carbocycles. The topological polar surface area (TPSA) is 115 Å². The Morgan fingerprint density at radius 1 is 1.44 bits per heavy atom. The second-order valence-electron chi connectivity index (χ2n) is 3.46. The quantitative estimate of drug-likeness (QED) is 0.640. The molecule has 0 atom stereocenters. The number of nitrogens with zero attached hydrogens (tertiary/aromatic N) is 1. The highest BCUT2D eigenvalue weighted by Crippen LogP contribution is 2.25. The summed E-state index contributed by atoms with van der Waals surface area (Å²) in [5.41, 5.74) is -0.400. The highest BCUT2D eigenvalue weighted by molar-refractivity contribution is 9.10. The summed E-state index contributed by atoms with van der Waals surface area (Å²) in [6.45, 7) is 0. The first-order valence-electron chi connectivity index (χ1n) is 4.56. The van der Waals surface area contributed by atoms with Gasteiger partial charge in [0.25, 0.3) is 5.69 Å². The van der Waals surface area contributed by atoms with Gasteiger partial charge in [0.05, 0.1) is 10.7 Å². The van der Waals surface area contributed by atoms with Crippen LogP contribution >= 0.6 is 15.9 Å². The molecule has 0 aliphatic rings. The van der Waals surface area contributed by atoms with Crippen molar-refractivity contribution in [2.24, 2.45) is 0 Å². The third kappa shape index (κ3) is 4.08. The predicted molar refractivity (Wildman–Crippen MR) is 65.9 cm³/mol. The third-order valence-corrected chi connectivity index (χ3v) is 3.89. The largest absolute Gasteiger partial charge is 0.480 e. The summed E-state index contributed by atoms with van der Waals surface area (Å²) < 4.78 is 23.3. The molecule has 0 bridgehead atoms. The van der Waals surface area contributed by atoms with Gasteiger partial charge in [-0.3, -0.25) is 14.9 Å². The summed E-state index contributed by atoms with van der Waals surface area (Å²) in [5, 5.41) is 19.2. The van der Waals surface area contributed by atoms with Crippen molar-refractivity contribution in [1.82, 2.24) is 0 Å². The second-order valence-corrected chi connectivity index (χ2v) is 6.44. The summed E-state index contributed by atoms with van der Waals surface area (Å²) in [4.78, 5) is 20.4. The number of nitro groups is 1. The van der Waals surface area contributed by atoms with Gasteiger partial charge in [0.15, 0.2) is 9.84 Å². The molecule has 1 aromatic carbocycles. The fourth-order valence-electron chi connectivity index (χ4n) is 1.31. The zero-order valence-electron chi connectivity index (χ0n) is 8.87. The number of rotatable bonds is 5. The van der Waals surface area contributed by atoms with Crippen molar-refractivity contribution in [3.8, 4) is 0 Å². The van der Waals surface area contributed by atoms with Gasteiger partial charge in [0, 0.05) is 16.1 Å². The highest BCUT2D eigenvalue weighted by atomic mass is 79.9. The molecule has 18 heavy (non-hydrogen) atoms. The Bertz CT molecular complexity index is 597. The van der Waals surface area contributed by atoms with E-state index in [1.54, 1.807) is 0 Å². The second kappa shape index (κ2) is 5.44. The van der Waals surface area contributed by atoms with E-state index in [0.29, 0.717) is 4.47 Å². The van der Waals surface area contributed by atoms with Crippen molar-refractivity contribution < 1.29 is 23.2 Å². The van der Waals surface area contributed by atoms with Crippen molar-refractivity contribution >= 4 is 37.4 Å². The molecule has 0 radical (unpaired) electrons. The molecule has 0 aliphatic heterocycles. The Balaban J connectivity index is 3.12. The van der Waals surface area contributed by atoms with Crippen LogP contribution in [0.15, 0.2) is 22.7 Å². The van der Waals surface area contributed by atoms with Gasteiger partial charge in [-0.15, -0.1) is 0 Å². The molecule has 98 valence electrons. The monoisotopic (exact) mass is 337 g/mol. The Morgan fingerprint density at radius 2 is 2.06 bits per heavy atom. The zero-order valence-corrected chi connectivity index (χ0v) is 11.3. The first-order valence-corrected chi connectivity index (χ1v) is 7.18.